The second kappa shape index (κ2) is 8.32. The standard InChI is InChI=1S/C20H32N2O2/c1-21-18-7-11-22(12-8-18)15-20(9-4-10-20)16-24-19-6-3-5-17(13-19)14-23-2/h3,5-6,13,18,21H,4,7-12,14-16H2,1-2H3. The predicted molar refractivity (Wildman–Crippen MR) is 97.5 cm³/mol. The number of hydrogen-bond acceptors (Lipinski definition) is 4. The smallest absolute Gasteiger partial charge is 0.119 e. The summed E-state index contributed by atoms with van der Waals surface area (Å²) in [6.07, 6.45) is 6.49. The lowest BCUT2D eigenvalue weighted by atomic mass is 9.69. The second-order valence-corrected chi connectivity index (χ2v) is 7.56. The summed E-state index contributed by atoms with van der Waals surface area (Å²) in [7, 11) is 3.81. The maximum Gasteiger partial charge on any atom is 0.119 e. The van der Waals surface area contributed by atoms with Crippen LogP contribution in [0.25, 0.3) is 0 Å². The van der Waals surface area contributed by atoms with E-state index in [4.69, 9.17) is 9.47 Å². The lowest BCUT2D eigenvalue weighted by Gasteiger charge is -2.46. The molecule has 1 heterocycles. The quantitative estimate of drug-likeness (QED) is 0.793. The fourth-order valence-corrected chi connectivity index (χ4v) is 4.01. The number of benzene rings is 1. The zero-order chi connectivity index (χ0) is 16.8. The van der Waals surface area contributed by atoms with Gasteiger partial charge < -0.3 is 19.7 Å². The van der Waals surface area contributed by atoms with Gasteiger partial charge in [-0.05, 0) is 63.5 Å². The lowest BCUT2D eigenvalue weighted by molar-refractivity contribution is 0.00991. The van der Waals surface area contributed by atoms with Gasteiger partial charge >= 0.3 is 0 Å². The van der Waals surface area contributed by atoms with Gasteiger partial charge in [0.05, 0.1) is 13.2 Å². The van der Waals surface area contributed by atoms with Crippen LogP contribution in [-0.2, 0) is 11.3 Å². The molecule has 1 saturated carbocycles. The molecule has 1 aromatic carbocycles. The van der Waals surface area contributed by atoms with Crippen molar-refractivity contribution in [3.63, 3.8) is 0 Å². The molecule has 1 aliphatic carbocycles. The predicted octanol–water partition coefficient (Wildman–Crippen LogP) is 3.07. The average Bonchev–Trinajstić information content (AvgIpc) is 2.58. The minimum atomic E-state index is 0.365. The van der Waals surface area contributed by atoms with Crippen molar-refractivity contribution in [2.24, 2.45) is 5.41 Å². The largest absolute Gasteiger partial charge is 0.493 e. The fourth-order valence-electron chi connectivity index (χ4n) is 4.01. The van der Waals surface area contributed by atoms with E-state index < -0.39 is 0 Å². The monoisotopic (exact) mass is 332 g/mol. The zero-order valence-corrected chi connectivity index (χ0v) is 15.2. The van der Waals surface area contributed by atoms with Gasteiger partial charge in [0.1, 0.15) is 5.75 Å². The highest BCUT2D eigenvalue weighted by molar-refractivity contribution is 5.28. The molecule has 2 aliphatic rings. The summed E-state index contributed by atoms with van der Waals surface area (Å²) in [6.45, 7) is 5.12. The Morgan fingerprint density at radius 1 is 1.25 bits per heavy atom. The summed E-state index contributed by atoms with van der Waals surface area (Å²) < 4.78 is 11.4. The van der Waals surface area contributed by atoms with Crippen molar-refractivity contribution in [1.82, 2.24) is 10.2 Å². The van der Waals surface area contributed by atoms with Gasteiger partial charge in [0.25, 0.3) is 0 Å². The molecule has 24 heavy (non-hydrogen) atoms. The fraction of sp³-hybridized carbons (Fsp3) is 0.700. The van der Waals surface area contributed by atoms with Crippen LogP contribution in [0.15, 0.2) is 24.3 Å². The van der Waals surface area contributed by atoms with Gasteiger partial charge in [0.15, 0.2) is 0 Å². The van der Waals surface area contributed by atoms with Crippen LogP contribution in [-0.4, -0.2) is 51.3 Å². The maximum absolute atomic E-state index is 6.19. The highest BCUT2D eigenvalue weighted by Crippen LogP contribution is 2.42. The van der Waals surface area contributed by atoms with E-state index in [1.807, 2.05) is 0 Å². The number of rotatable bonds is 8. The van der Waals surface area contributed by atoms with Crippen molar-refractivity contribution in [3.8, 4) is 5.75 Å². The molecule has 1 aromatic rings. The molecule has 1 N–H and O–H groups in total. The Kier molecular flexibility index (Phi) is 6.14. The Hall–Kier alpha value is -1.10. The molecule has 3 rings (SSSR count). The Morgan fingerprint density at radius 3 is 2.67 bits per heavy atom. The van der Waals surface area contributed by atoms with Crippen molar-refractivity contribution in [2.75, 3.05) is 40.4 Å². The molecule has 0 unspecified atom stereocenters. The van der Waals surface area contributed by atoms with Crippen LogP contribution in [0.3, 0.4) is 0 Å². The molecule has 0 radical (unpaired) electrons. The molecule has 134 valence electrons. The zero-order valence-electron chi connectivity index (χ0n) is 15.2. The van der Waals surface area contributed by atoms with Crippen LogP contribution >= 0.6 is 0 Å². The van der Waals surface area contributed by atoms with Crippen molar-refractivity contribution >= 4 is 0 Å². The van der Waals surface area contributed by atoms with Crippen LogP contribution in [0.4, 0.5) is 0 Å². The van der Waals surface area contributed by atoms with Gasteiger partial charge in [-0.3, -0.25) is 0 Å². The second-order valence-electron chi connectivity index (χ2n) is 7.56. The third-order valence-electron chi connectivity index (χ3n) is 5.72. The first-order chi connectivity index (χ1) is 11.7. The minimum absolute atomic E-state index is 0.365. The van der Waals surface area contributed by atoms with Gasteiger partial charge in [-0.1, -0.05) is 18.6 Å². The third kappa shape index (κ3) is 4.50. The van der Waals surface area contributed by atoms with Gasteiger partial charge in [-0.25, -0.2) is 0 Å². The number of hydrogen-bond donors (Lipinski definition) is 1. The Labute approximate surface area is 146 Å². The number of piperidine rings is 1. The van der Waals surface area contributed by atoms with E-state index in [1.54, 1.807) is 7.11 Å². The number of nitrogens with one attached hydrogen (secondary N) is 1. The SMILES string of the molecule is CNC1CCN(CC2(COc3cccc(COC)c3)CCC2)CC1. The summed E-state index contributed by atoms with van der Waals surface area (Å²) in [4.78, 5) is 2.65. The van der Waals surface area contributed by atoms with Crippen LogP contribution in [0.1, 0.15) is 37.7 Å². The Morgan fingerprint density at radius 2 is 2.04 bits per heavy atom. The topological polar surface area (TPSA) is 33.7 Å². The third-order valence-corrected chi connectivity index (χ3v) is 5.72. The molecule has 1 aliphatic heterocycles. The van der Waals surface area contributed by atoms with Crippen LogP contribution < -0.4 is 10.1 Å². The molecular formula is C20H32N2O2. The van der Waals surface area contributed by atoms with Crippen molar-refractivity contribution in [1.29, 1.82) is 0 Å². The van der Waals surface area contributed by atoms with Crippen molar-refractivity contribution in [2.45, 2.75) is 44.8 Å². The minimum Gasteiger partial charge on any atom is -0.493 e. The van der Waals surface area contributed by atoms with Crippen LogP contribution in [0, 0.1) is 5.41 Å². The number of ether oxygens (including phenoxy) is 2. The first-order valence-electron chi connectivity index (χ1n) is 9.33. The van der Waals surface area contributed by atoms with Gasteiger partial charge in [0.2, 0.25) is 0 Å². The molecule has 0 aromatic heterocycles. The number of nitrogens with zero attached hydrogens (tertiary/aromatic N) is 1. The molecule has 1 saturated heterocycles. The molecule has 0 bridgehead atoms. The summed E-state index contributed by atoms with van der Waals surface area (Å²) >= 11 is 0. The number of methoxy groups -OCH3 is 1. The summed E-state index contributed by atoms with van der Waals surface area (Å²) in [5.41, 5.74) is 1.54. The first kappa shape index (κ1) is 17.7. The number of likely N-dealkylation sites (tertiary alicyclic amines) is 1. The van der Waals surface area contributed by atoms with E-state index in [0.717, 1.165) is 12.4 Å². The van der Waals surface area contributed by atoms with Crippen LogP contribution in [0.5, 0.6) is 5.75 Å². The highest BCUT2D eigenvalue weighted by Gasteiger charge is 2.40. The summed E-state index contributed by atoms with van der Waals surface area (Å²) in [5, 5.41) is 3.42. The molecular weight excluding hydrogens is 300 g/mol. The molecule has 0 atom stereocenters. The van der Waals surface area contributed by atoms with E-state index in [2.05, 4.69) is 41.5 Å². The van der Waals surface area contributed by atoms with E-state index in [9.17, 15) is 0 Å². The molecule has 0 amide bonds. The van der Waals surface area contributed by atoms with E-state index in [1.165, 1.54) is 57.3 Å². The van der Waals surface area contributed by atoms with E-state index in [0.29, 0.717) is 18.1 Å². The summed E-state index contributed by atoms with van der Waals surface area (Å²) in [5.74, 6) is 0.977. The average molecular weight is 332 g/mol. The van der Waals surface area contributed by atoms with Crippen LogP contribution in [0.2, 0.25) is 0 Å². The maximum atomic E-state index is 6.19. The van der Waals surface area contributed by atoms with Crippen molar-refractivity contribution in [3.05, 3.63) is 29.8 Å². The Bertz CT molecular complexity index is 508. The van der Waals surface area contributed by atoms with E-state index in [-0.39, 0.29) is 0 Å². The van der Waals surface area contributed by atoms with Gasteiger partial charge in [0, 0.05) is 25.1 Å². The normalized spacial score (nSPS) is 21.4. The summed E-state index contributed by atoms with van der Waals surface area (Å²) in [6, 6.07) is 9.01. The van der Waals surface area contributed by atoms with Gasteiger partial charge in [-0.15, -0.1) is 0 Å². The molecule has 0 spiro atoms. The highest BCUT2D eigenvalue weighted by atomic mass is 16.5. The first-order valence-corrected chi connectivity index (χ1v) is 9.33. The molecule has 4 nitrogen and oxygen atoms in total. The lowest BCUT2D eigenvalue weighted by Crippen LogP contribution is -2.50. The van der Waals surface area contributed by atoms with Crippen molar-refractivity contribution < 1.29 is 9.47 Å². The molecule has 4 heteroatoms. The van der Waals surface area contributed by atoms with Gasteiger partial charge in [-0.2, -0.15) is 0 Å². The van der Waals surface area contributed by atoms with E-state index >= 15 is 0 Å². The molecule has 2 fully saturated rings. The Balaban J connectivity index is 1.51.